The number of alkyl halides is 2. The highest BCUT2D eigenvalue weighted by molar-refractivity contribution is 7.54. The van der Waals surface area contributed by atoms with Gasteiger partial charge in [-0.25, -0.2) is 8.78 Å². The fourth-order valence-corrected chi connectivity index (χ4v) is 0.341. The molecule has 0 fully saturated rings. The quantitative estimate of drug-likeness (QED) is 0.444. The zero-order valence-electron chi connectivity index (χ0n) is 3.53. The van der Waals surface area contributed by atoms with Crippen LogP contribution in [0, 0.1) is 0 Å². The summed E-state index contributed by atoms with van der Waals surface area (Å²) >= 11 is 0. The molecule has 0 bridgehead atoms. The Kier molecular flexibility index (Phi) is 2.49. The first-order valence-corrected chi connectivity index (χ1v) is 3.04. The summed E-state index contributed by atoms with van der Waals surface area (Å²) < 4.78 is 31.2. The van der Waals surface area contributed by atoms with Crippen LogP contribution in [-0.4, -0.2) is 16.3 Å². The van der Waals surface area contributed by atoms with E-state index in [0.29, 0.717) is 0 Å². The van der Waals surface area contributed by atoms with Crippen molar-refractivity contribution >= 4 is 7.75 Å². The minimum atomic E-state index is -4.85. The van der Waals surface area contributed by atoms with Crippen LogP contribution < -0.4 is 0 Å². The van der Waals surface area contributed by atoms with Crippen LogP contribution in [0.15, 0.2) is 0 Å². The summed E-state index contributed by atoms with van der Waals surface area (Å²) in [7, 11) is -4.85. The predicted octanol–water partition coefficient (Wildman–Crippen LogP) is 0.675. The van der Waals surface area contributed by atoms with Gasteiger partial charge < -0.3 is 14.9 Å². The summed E-state index contributed by atoms with van der Waals surface area (Å²) in [5, 5.41) is 1.74. The molecular weight excluding hydrogens is 143 g/mol. The van der Waals surface area contributed by atoms with Gasteiger partial charge in [-0.1, -0.05) is 0 Å². The second-order valence-electron chi connectivity index (χ2n) is 0.906. The lowest BCUT2D eigenvalue weighted by molar-refractivity contribution is 0.192. The molecule has 0 aliphatic rings. The molecule has 0 saturated carbocycles. The summed E-state index contributed by atoms with van der Waals surface area (Å²) in [4.78, 5) is 15.3. The van der Waals surface area contributed by atoms with Crippen molar-refractivity contribution in [3.63, 3.8) is 0 Å². The third kappa shape index (κ3) is 5.97. The van der Waals surface area contributed by atoms with Gasteiger partial charge in [0, 0.05) is 0 Å². The molecular formula is CH3F2NO3P-. The van der Waals surface area contributed by atoms with E-state index in [1.807, 2.05) is 0 Å². The first-order chi connectivity index (χ1) is 3.42. The Hall–Kier alpha value is -0.0300. The van der Waals surface area contributed by atoms with E-state index in [1.54, 1.807) is 5.09 Å². The predicted molar refractivity (Wildman–Crippen MR) is 21.4 cm³/mol. The number of halogens is 2. The van der Waals surface area contributed by atoms with Gasteiger partial charge in [-0.2, -0.15) is 0 Å². The Morgan fingerprint density at radius 1 is 1.50 bits per heavy atom. The highest BCUT2D eigenvalue weighted by Gasteiger charge is 2.01. The SMILES string of the molecule is O=P(O)(O)[N-]C(F)F. The molecule has 7 heteroatoms. The van der Waals surface area contributed by atoms with Crippen molar-refractivity contribution in [3.8, 4) is 0 Å². The van der Waals surface area contributed by atoms with E-state index >= 15 is 0 Å². The largest absolute Gasteiger partial charge is 0.497 e. The Bertz CT molecular complexity index is 110. The number of hydrogen-bond donors (Lipinski definition) is 2. The van der Waals surface area contributed by atoms with Crippen LogP contribution in [0.3, 0.4) is 0 Å². The van der Waals surface area contributed by atoms with Crippen LogP contribution in [0.25, 0.3) is 5.09 Å². The molecule has 0 amide bonds. The average Bonchev–Trinajstić information content (AvgIpc) is 1.21. The van der Waals surface area contributed by atoms with Crippen LogP contribution in [0.1, 0.15) is 0 Å². The van der Waals surface area contributed by atoms with E-state index in [2.05, 4.69) is 0 Å². The molecule has 0 aromatic heterocycles. The standard InChI is InChI=1S/CH3F2NO3P/c2-1(3)4-8(5,6)7/h1H,(H2-,4,5,6,7)/q-1. The van der Waals surface area contributed by atoms with Crippen molar-refractivity contribution in [2.45, 2.75) is 6.55 Å². The number of rotatable bonds is 2. The van der Waals surface area contributed by atoms with Gasteiger partial charge in [-0.15, -0.1) is 0 Å². The van der Waals surface area contributed by atoms with Gasteiger partial charge in [-0.05, 0) is 0 Å². The van der Waals surface area contributed by atoms with E-state index in [0.717, 1.165) is 0 Å². The Morgan fingerprint density at radius 2 is 1.88 bits per heavy atom. The summed E-state index contributed by atoms with van der Waals surface area (Å²) in [5.74, 6) is 0. The highest BCUT2D eigenvalue weighted by atomic mass is 31.2. The monoisotopic (exact) mass is 146 g/mol. The third-order valence-electron chi connectivity index (χ3n) is 0.238. The lowest BCUT2D eigenvalue weighted by Gasteiger charge is -2.18. The summed E-state index contributed by atoms with van der Waals surface area (Å²) in [6.07, 6.45) is 0. The second-order valence-corrected chi connectivity index (χ2v) is 2.16. The molecule has 0 saturated heterocycles. The van der Waals surface area contributed by atoms with E-state index in [-0.39, 0.29) is 0 Å². The van der Waals surface area contributed by atoms with Gasteiger partial charge >= 0.3 is 0 Å². The molecule has 2 N–H and O–H groups in total. The molecule has 0 aliphatic carbocycles. The Morgan fingerprint density at radius 3 is 1.88 bits per heavy atom. The van der Waals surface area contributed by atoms with Crippen LogP contribution in [-0.2, 0) is 4.57 Å². The van der Waals surface area contributed by atoms with Crippen LogP contribution >= 0.6 is 7.75 Å². The van der Waals surface area contributed by atoms with Gasteiger partial charge in [0.15, 0.2) is 6.55 Å². The summed E-state index contributed by atoms with van der Waals surface area (Å²) in [6, 6.07) is 0. The smallest absolute Gasteiger partial charge is 0.240 e. The molecule has 0 heterocycles. The Labute approximate surface area is 43.7 Å². The van der Waals surface area contributed by atoms with Gasteiger partial charge in [0.25, 0.3) is 0 Å². The molecule has 0 radical (unpaired) electrons. The first-order valence-electron chi connectivity index (χ1n) is 1.48. The molecule has 0 spiro atoms. The van der Waals surface area contributed by atoms with E-state index < -0.39 is 14.3 Å². The number of nitrogens with zero attached hydrogens (tertiary/aromatic N) is 1. The lowest BCUT2D eigenvalue weighted by Crippen LogP contribution is -1.86. The highest BCUT2D eigenvalue weighted by Crippen LogP contribution is 2.44. The maximum Gasteiger partial charge on any atom is 0.240 e. The van der Waals surface area contributed by atoms with Crippen molar-refractivity contribution < 1.29 is 23.1 Å². The fraction of sp³-hybridized carbons (Fsp3) is 1.00. The third-order valence-corrected chi connectivity index (χ3v) is 0.713. The summed E-state index contributed by atoms with van der Waals surface area (Å²) in [5.41, 5.74) is 0. The van der Waals surface area contributed by atoms with Crippen molar-refractivity contribution in [3.05, 3.63) is 5.09 Å². The number of hydrogen-bond acceptors (Lipinski definition) is 1. The molecule has 0 aromatic carbocycles. The normalized spacial score (nSPS) is 12.6. The summed E-state index contributed by atoms with van der Waals surface area (Å²) in [6.45, 7) is -3.30. The Balaban J connectivity index is 3.56. The van der Waals surface area contributed by atoms with Gasteiger partial charge in [0.1, 0.15) is 0 Å². The van der Waals surface area contributed by atoms with Gasteiger partial charge in [0.2, 0.25) is 7.75 Å². The van der Waals surface area contributed by atoms with Gasteiger partial charge in [0.05, 0.1) is 0 Å². The molecule has 0 aliphatic heterocycles. The molecule has 0 rings (SSSR count). The van der Waals surface area contributed by atoms with Crippen LogP contribution in [0.2, 0.25) is 0 Å². The van der Waals surface area contributed by atoms with Gasteiger partial charge in [-0.3, -0.25) is 4.57 Å². The zero-order chi connectivity index (χ0) is 6.78. The molecule has 0 aromatic rings. The zero-order valence-corrected chi connectivity index (χ0v) is 4.42. The van der Waals surface area contributed by atoms with E-state index in [4.69, 9.17) is 9.79 Å². The maximum atomic E-state index is 10.9. The minimum absolute atomic E-state index is 1.74. The first kappa shape index (κ1) is 7.97. The molecule has 0 unspecified atom stereocenters. The van der Waals surface area contributed by atoms with Crippen molar-refractivity contribution in [1.29, 1.82) is 0 Å². The van der Waals surface area contributed by atoms with E-state index in [9.17, 15) is 13.3 Å². The van der Waals surface area contributed by atoms with Crippen LogP contribution in [0.4, 0.5) is 8.78 Å². The average molecular weight is 146 g/mol. The molecule has 0 atom stereocenters. The van der Waals surface area contributed by atoms with E-state index in [1.165, 1.54) is 0 Å². The van der Waals surface area contributed by atoms with Crippen molar-refractivity contribution in [1.82, 2.24) is 0 Å². The van der Waals surface area contributed by atoms with Crippen molar-refractivity contribution in [2.75, 3.05) is 0 Å². The molecule has 8 heavy (non-hydrogen) atoms. The lowest BCUT2D eigenvalue weighted by atomic mass is 11.4. The molecule has 50 valence electrons. The minimum Gasteiger partial charge on any atom is -0.497 e. The van der Waals surface area contributed by atoms with Crippen molar-refractivity contribution in [2.24, 2.45) is 0 Å². The maximum absolute atomic E-state index is 10.9. The second kappa shape index (κ2) is 2.50. The topological polar surface area (TPSA) is 71.6 Å². The molecule has 4 nitrogen and oxygen atoms in total. The fourth-order valence-electron chi connectivity index (χ4n) is 0.114. The van der Waals surface area contributed by atoms with Crippen LogP contribution in [0.5, 0.6) is 0 Å².